The predicted octanol–water partition coefficient (Wildman–Crippen LogP) is 8.00. The van der Waals surface area contributed by atoms with Gasteiger partial charge < -0.3 is 25.8 Å². The number of alkyl halides is 2. The molecule has 0 saturated carbocycles. The van der Waals surface area contributed by atoms with Crippen molar-refractivity contribution in [2.75, 3.05) is 72.5 Å². The summed E-state index contributed by atoms with van der Waals surface area (Å²) in [5, 5.41) is 32.2. The maximum Gasteiger partial charge on any atom is 0.387 e. The van der Waals surface area contributed by atoms with Crippen molar-refractivity contribution < 1.29 is 71.4 Å². The summed E-state index contributed by atoms with van der Waals surface area (Å²) in [5.74, 6) is -3.49. The van der Waals surface area contributed by atoms with Gasteiger partial charge in [-0.05, 0) is 146 Å². The van der Waals surface area contributed by atoms with E-state index in [1.807, 2.05) is 0 Å². The molecular weight excluding hydrogens is 1280 g/mol. The number of nitrogens with one attached hydrogen (secondary N) is 3. The Hall–Kier alpha value is -8.88. The highest BCUT2D eigenvalue weighted by molar-refractivity contribution is 9.10. The van der Waals surface area contributed by atoms with Crippen LogP contribution in [0.5, 0.6) is 11.5 Å². The Labute approximate surface area is 504 Å². The van der Waals surface area contributed by atoms with Crippen LogP contribution in [0.2, 0.25) is 0 Å². The van der Waals surface area contributed by atoms with E-state index in [4.69, 9.17) is 0 Å². The molecule has 23 nitrogen and oxygen atoms in total. The number of hydrogen-bond donors (Lipinski definition) is 4. The number of halogens is 6. The van der Waals surface area contributed by atoms with Gasteiger partial charge in [0.25, 0.3) is 17.7 Å². The SMILES string of the molecule is CCN(c1cc2nn(-c3ccc(F)cc3)c(C(=O)NC)c2cc1Br)S(C)(=O)=O.CCN(c1cc2nn(-c3ccc(F)cc3)c(C(=O)NC)c2cc1O)S(C)(=O)=O.CCN(c1cc2nn(-c3ccc(F)cc3)c(C(=O)NC)c2cc1OC(F)F)S(C)(=O)=O. The molecule has 0 aliphatic carbocycles. The van der Waals surface area contributed by atoms with Crippen molar-refractivity contribution in [3.05, 3.63) is 148 Å². The third-order valence-corrected chi connectivity index (χ3v) is 17.3. The first-order valence-electron chi connectivity index (χ1n) is 25.8. The Morgan fingerprint density at radius 2 is 0.816 bits per heavy atom. The number of nitrogens with zero attached hydrogens (tertiary/aromatic N) is 9. The van der Waals surface area contributed by atoms with Gasteiger partial charge in [0.15, 0.2) is 5.75 Å². The average Bonchev–Trinajstić information content (AvgIpc) is 1.69. The lowest BCUT2D eigenvalue weighted by Crippen LogP contribution is -2.30. The Kier molecular flexibility index (Phi) is 19.9. The molecule has 87 heavy (non-hydrogen) atoms. The van der Waals surface area contributed by atoms with Gasteiger partial charge in [-0.2, -0.15) is 24.1 Å². The molecule has 6 aromatic carbocycles. The number of ether oxygens (including phenoxy) is 1. The van der Waals surface area contributed by atoms with Crippen LogP contribution in [0.1, 0.15) is 52.2 Å². The molecule has 3 heterocycles. The summed E-state index contributed by atoms with van der Waals surface area (Å²) in [6, 6.07) is 24.5. The summed E-state index contributed by atoms with van der Waals surface area (Å²) >= 11 is 3.41. The molecule has 9 rings (SSSR count). The topological polar surface area (TPSA) is 282 Å². The van der Waals surface area contributed by atoms with Crippen LogP contribution in [0.15, 0.2) is 114 Å². The van der Waals surface area contributed by atoms with Crippen LogP contribution in [-0.2, 0) is 30.1 Å². The maximum atomic E-state index is 13.3. The van der Waals surface area contributed by atoms with E-state index in [9.17, 15) is 66.7 Å². The zero-order chi connectivity index (χ0) is 64.2. The Bertz CT molecular complexity index is 4260. The van der Waals surface area contributed by atoms with Crippen molar-refractivity contribution in [1.82, 2.24) is 45.3 Å². The first-order valence-corrected chi connectivity index (χ1v) is 32.1. The highest BCUT2D eigenvalue weighted by Crippen LogP contribution is 2.39. The molecule has 3 amide bonds. The number of carbonyl (C=O) groups excluding carboxylic acids is 3. The summed E-state index contributed by atoms with van der Waals surface area (Å²) < 4.78 is 151. The second-order valence-electron chi connectivity index (χ2n) is 18.6. The molecule has 0 spiro atoms. The highest BCUT2D eigenvalue weighted by Gasteiger charge is 2.29. The van der Waals surface area contributed by atoms with E-state index in [-0.39, 0.29) is 70.7 Å². The van der Waals surface area contributed by atoms with Gasteiger partial charge in [0.1, 0.15) is 40.3 Å². The lowest BCUT2D eigenvalue weighted by Gasteiger charge is -2.23. The highest BCUT2D eigenvalue weighted by atomic mass is 79.9. The smallest absolute Gasteiger partial charge is 0.387 e. The summed E-state index contributed by atoms with van der Waals surface area (Å²) in [7, 11) is -6.61. The summed E-state index contributed by atoms with van der Waals surface area (Å²) in [6.07, 6.45) is 3.09. The van der Waals surface area contributed by atoms with Gasteiger partial charge in [0.2, 0.25) is 30.1 Å². The van der Waals surface area contributed by atoms with Crippen molar-refractivity contribution in [3.63, 3.8) is 0 Å². The standard InChI is InChI=1S/C19H19F3N4O4S.C18H18BrFN4O3S.C18H19FN4O4S/c1-4-25(31(3,28)29)15-10-14-13(9-16(15)30-19(21)22)17(18(27)23-2)26(24-14)12-7-5-11(20)6-8-12;1-4-23(28(3,26)27)16-10-15-13(9-14(16)19)17(18(25)21-2)24(22-15)12-7-5-11(20)6-8-12;1-4-22(28(3,26)27)15-10-14-13(9-16(15)24)17(18(25)20-2)23(21-14)12-7-5-11(19)6-8-12/h5-10,19H,4H2,1-3H3,(H,23,27);5-10H,4H2,1-3H3,(H,21,25);5-10,24H,4H2,1-3H3,(H,20,25). The number of rotatable bonds is 17. The van der Waals surface area contributed by atoms with E-state index >= 15 is 0 Å². The summed E-state index contributed by atoms with van der Waals surface area (Å²) in [6.45, 7) is 1.96. The van der Waals surface area contributed by atoms with Crippen molar-refractivity contribution >= 4 is 113 Å². The summed E-state index contributed by atoms with van der Waals surface area (Å²) in [5.41, 5.74) is 2.88. The van der Waals surface area contributed by atoms with Gasteiger partial charge in [-0.25, -0.2) is 52.5 Å². The molecule has 0 aliphatic rings. The number of aromatic hydroxyl groups is 1. The lowest BCUT2D eigenvalue weighted by atomic mass is 10.1. The van der Waals surface area contributed by atoms with Gasteiger partial charge in [0, 0.05) is 61.4 Å². The molecule has 0 radical (unpaired) electrons. The first-order chi connectivity index (χ1) is 40.9. The molecular formula is C55H56BrF5N12O11S3. The first kappa shape index (κ1) is 65.7. The van der Waals surface area contributed by atoms with Crippen LogP contribution in [0.3, 0.4) is 0 Å². The molecule has 9 aromatic rings. The number of fused-ring (bicyclic) bond motifs is 3. The van der Waals surface area contributed by atoms with Crippen molar-refractivity contribution in [2.24, 2.45) is 0 Å². The zero-order valence-electron chi connectivity index (χ0n) is 47.6. The summed E-state index contributed by atoms with van der Waals surface area (Å²) in [4.78, 5) is 37.6. The molecule has 0 aliphatic heterocycles. The molecule has 0 fully saturated rings. The molecule has 0 bridgehead atoms. The number of benzene rings is 6. The molecule has 0 saturated heterocycles. The average molecular weight is 1330 g/mol. The van der Waals surface area contributed by atoms with Crippen LogP contribution < -0.4 is 33.6 Å². The van der Waals surface area contributed by atoms with Crippen LogP contribution >= 0.6 is 15.9 Å². The minimum Gasteiger partial charge on any atom is -0.506 e. The third kappa shape index (κ3) is 14.2. The van der Waals surface area contributed by atoms with E-state index in [0.717, 1.165) is 33.4 Å². The number of sulfonamides is 3. The second kappa shape index (κ2) is 26.4. The number of amides is 3. The fourth-order valence-electron chi connectivity index (χ4n) is 9.15. The predicted molar refractivity (Wildman–Crippen MR) is 323 cm³/mol. The van der Waals surface area contributed by atoms with Crippen LogP contribution in [0.25, 0.3) is 49.8 Å². The number of anilines is 3. The van der Waals surface area contributed by atoms with Crippen LogP contribution in [-0.4, -0.2) is 144 Å². The molecule has 32 heteroatoms. The monoisotopic (exact) mass is 1330 g/mol. The molecule has 0 atom stereocenters. The van der Waals surface area contributed by atoms with E-state index in [1.165, 1.54) is 137 Å². The van der Waals surface area contributed by atoms with Gasteiger partial charge >= 0.3 is 6.61 Å². The minimum absolute atomic E-state index is 0.0165. The Morgan fingerprint density at radius 1 is 0.517 bits per heavy atom. The van der Waals surface area contributed by atoms with E-state index in [0.29, 0.717) is 49.0 Å². The Morgan fingerprint density at radius 3 is 1.14 bits per heavy atom. The minimum atomic E-state index is -3.82. The quantitative estimate of drug-likeness (QED) is 0.0629. The normalized spacial score (nSPS) is 11.6. The van der Waals surface area contributed by atoms with E-state index in [2.05, 4.69) is 51.9 Å². The second-order valence-corrected chi connectivity index (χ2v) is 25.2. The number of aromatic nitrogens is 6. The number of hydrogen-bond acceptors (Lipinski definition) is 14. The van der Waals surface area contributed by atoms with Crippen molar-refractivity contribution in [1.29, 1.82) is 0 Å². The van der Waals surface area contributed by atoms with Crippen LogP contribution in [0.4, 0.5) is 39.0 Å². The molecule has 0 unspecified atom stereocenters. The molecule has 462 valence electrons. The van der Waals surface area contributed by atoms with Crippen LogP contribution in [0, 0.1) is 17.5 Å². The largest absolute Gasteiger partial charge is 0.506 e. The third-order valence-electron chi connectivity index (χ3n) is 12.9. The van der Waals surface area contributed by atoms with Crippen molar-refractivity contribution in [2.45, 2.75) is 27.4 Å². The molecule has 4 N–H and O–H groups in total. The lowest BCUT2D eigenvalue weighted by molar-refractivity contribution is -0.0493. The zero-order valence-corrected chi connectivity index (χ0v) is 51.7. The van der Waals surface area contributed by atoms with E-state index in [1.54, 1.807) is 26.0 Å². The van der Waals surface area contributed by atoms with Gasteiger partial charge in [-0.15, -0.1) is 0 Å². The maximum absolute atomic E-state index is 13.3. The number of carbonyl (C=O) groups is 3. The fraction of sp³-hybridized carbons (Fsp3) is 0.236. The van der Waals surface area contributed by atoms with Crippen molar-refractivity contribution in [3.8, 4) is 28.6 Å². The number of phenols is 1. The number of phenolic OH excluding ortho intramolecular Hbond substituents is 1. The molecule has 3 aromatic heterocycles. The van der Waals surface area contributed by atoms with Gasteiger partial charge in [0.05, 0.1) is 69.4 Å². The Balaban J connectivity index is 0.000000187. The fourth-order valence-corrected chi connectivity index (χ4v) is 12.7. The van der Waals surface area contributed by atoms with Gasteiger partial charge in [-0.3, -0.25) is 27.3 Å². The van der Waals surface area contributed by atoms with E-state index < -0.39 is 71.7 Å². The van der Waals surface area contributed by atoms with Gasteiger partial charge in [-0.1, -0.05) is 0 Å².